The quantitative estimate of drug-likeness (QED) is 0.564. The van der Waals surface area contributed by atoms with Gasteiger partial charge in [-0.3, -0.25) is 0 Å². The van der Waals surface area contributed by atoms with Gasteiger partial charge in [0.1, 0.15) is 24.7 Å². The summed E-state index contributed by atoms with van der Waals surface area (Å²) in [6.07, 6.45) is -0.530. The zero-order valence-electron chi connectivity index (χ0n) is 15.2. The monoisotopic (exact) mass is 387 g/mol. The highest BCUT2D eigenvalue weighted by molar-refractivity contribution is 7.18. The minimum absolute atomic E-state index is 0.313. The molecule has 1 aromatic heterocycles. The van der Waals surface area contributed by atoms with Gasteiger partial charge >= 0.3 is 5.97 Å². The molecule has 0 unspecified atom stereocenters. The van der Waals surface area contributed by atoms with Gasteiger partial charge in [-0.25, -0.2) is 9.78 Å². The molecule has 0 fully saturated rings. The summed E-state index contributed by atoms with van der Waals surface area (Å²) in [5.41, 5.74) is 1.82. The number of ether oxygens (including phenoxy) is 3. The third kappa shape index (κ3) is 5.18. The van der Waals surface area contributed by atoms with E-state index in [1.54, 1.807) is 11.3 Å². The zero-order valence-corrected chi connectivity index (χ0v) is 16.0. The number of aryl methyl sites for hydroxylation is 1. The van der Waals surface area contributed by atoms with Crippen LogP contribution in [0.2, 0.25) is 0 Å². The zero-order chi connectivity index (χ0) is 19.2. The number of fused-ring (bicyclic) bond motifs is 1. The minimum atomic E-state index is -0.971. The molecule has 1 N–H and O–H groups in total. The Labute approximate surface area is 161 Å². The van der Waals surface area contributed by atoms with Gasteiger partial charge in [-0.2, -0.15) is 0 Å². The lowest BCUT2D eigenvalue weighted by Crippen LogP contribution is -2.24. The van der Waals surface area contributed by atoms with Gasteiger partial charge < -0.3 is 19.3 Å². The van der Waals surface area contributed by atoms with Crippen molar-refractivity contribution in [1.29, 1.82) is 0 Å². The maximum absolute atomic E-state index is 11.0. The van der Waals surface area contributed by atoms with E-state index in [0.717, 1.165) is 26.5 Å². The van der Waals surface area contributed by atoms with Crippen LogP contribution in [0, 0.1) is 6.92 Å². The van der Waals surface area contributed by atoms with E-state index in [4.69, 9.17) is 19.3 Å². The molecule has 0 spiro atoms. The number of methoxy groups -OCH3 is 1. The number of rotatable bonds is 9. The Hall–Kier alpha value is -2.64. The van der Waals surface area contributed by atoms with Crippen molar-refractivity contribution in [3.05, 3.63) is 53.0 Å². The van der Waals surface area contributed by atoms with Gasteiger partial charge in [0.2, 0.25) is 0 Å². The van der Waals surface area contributed by atoms with Crippen LogP contribution in [0.15, 0.2) is 42.5 Å². The molecule has 3 rings (SSSR count). The molecule has 7 heteroatoms. The predicted molar refractivity (Wildman–Crippen MR) is 104 cm³/mol. The number of carboxylic acids is 1. The lowest BCUT2D eigenvalue weighted by molar-refractivity contribution is -0.148. The summed E-state index contributed by atoms with van der Waals surface area (Å²) in [6.45, 7) is 2.81. The highest BCUT2D eigenvalue weighted by Gasteiger charge is 2.16. The van der Waals surface area contributed by atoms with E-state index in [-0.39, 0.29) is 0 Å². The largest absolute Gasteiger partial charge is 0.490 e. The van der Waals surface area contributed by atoms with Crippen molar-refractivity contribution >= 4 is 27.5 Å². The van der Waals surface area contributed by atoms with E-state index < -0.39 is 12.1 Å². The average molecular weight is 387 g/mol. The third-order valence-electron chi connectivity index (χ3n) is 3.99. The average Bonchev–Trinajstić information content (AvgIpc) is 3.03. The number of hydrogen-bond acceptors (Lipinski definition) is 6. The van der Waals surface area contributed by atoms with Crippen LogP contribution in [0.5, 0.6) is 11.5 Å². The number of hydrogen-bond donors (Lipinski definition) is 1. The summed E-state index contributed by atoms with van der Waals surface area (Å²) in [6, 6.07) is 13.2. The van der Waals surface area contributed by atoms with Crippen molar-refractivity contribution in [3.8, 4) is 11.5 Å². The fraction of sp³-hybridized carbons (Fsp3) is 0.300. The van der Waals surface area contributed by atoms with Crippen LogP contribution >= 0.6 is 11.3 Å². The first kappa shape index (κ1) is 19.1. The van der Waals surface area contributed by atoms with Crippen LogP contribution in [0.4, 0.5) is 0 Å². The van der Waals surface area contributed by atoms with Crippen LogP contribution in [-0.4, -0.2) is 42.5 Å². The van der Waals surface area contributed by atoms with E-state index in [1.807, 2.05) is 49.4 Å². The summed E-state index contributed by atoms with van der Waals surface area (Å²) < 4.78 is 17.5. The molecule has 0 saturated heterocycles. The van der Waals surface area contributed by atoms with Crippen molar-refractivity contribution in [1.82, 2.24) is 4.98 Å². The van der Waals surface area contributed by atoms with E-state index in [2.05, 4.69) is 4.98 Å². The lowest BCUT2D eigenvalue weighted by atomic mass is 10.1. The lowest BCUT2D eigenvalue weighted by Gasteiger charge is -2.11. The number of benzene rings is 2. The number of carboxylic acid groups (broad SMARTS) is 1. The number of aliphatic carboxylic acids is 1. The molecule has 1 heterocycles. The second-order valence-corrected chi connectivity index (χ2v) is 7.20. The van der Waals surface area contributed by atoms with Crippen LogP contribution < -0.4 is 9.47 Å². The van der Waals surface area contributed by atoms with Gasteiger partial charge in [-0.1, -0.05) is 12.1 Å². The molecule has 142 valence electrons. The molecular formula is C20H21NO5S. The molecule has 0 aliphatic rings. The summed E-state index contributed by atoms with van der Waals surface area (Å²) >= 11 is 1.66. The fourth-order valence-electron chi connectivity index (χ4n) is 2.64. The minimum Gasteiger partial charge on any atom is -0.490 e. The molecule has 3 aromatic rings. The summed E-state index contributed by atoms with van der Waals surface area (Å²) in [5, 5.41) is 10.1. The van der Waals surface area contributed by atoms with E-state index in [0.29, 0.717) is 25.4 Å². The molecule has 6 nitrogen and oxygen atoms in total. The molecule has 0 radical (unpaired) electrons. The second-order valence-electron chi connectivity index (χ2n) is 5.97. The summed E-state index contributed by atoms with van der Waals surface area (Å²) in [5.74, 6) is 0.504. The molecule has 0 saturated carbocycles. The van der Waals surface area contributed by atoms with Gasteiger partial charge in [0.25, 0.3) is 0 Å². The first-order chi connectivity index (χ1) is 13.0. The highest BCUT2D eigenvalue weighted by atomic mass is 32.1. The summed E-state index contributed by atoms with van der Waals surface area (Å²) in [7, 11) is 1.39. The standard InChI is InChI=1S/C20H21NO5S/c1-13-21-17-12-16(7-8-19(17)27-13)26-10-9-25-15-5-3-14(4-6-15)11-18(24-2)20(22)23/h3-8,12,18H,9-11H2,1-2H3,(H,22,23)/t18-/m0/s1. The Morgan fingerprint density at radius 3 is 2.44 bits per heavy atom. The van der Waals surface area contributed by atoms with Gasteiger partial charge in [0, 0.05) is 19.6 Å². The maximum Gasteiger partial charge on any atom is 0.333 e. The molecule has 0 aliphatic carbocycles. The predicted octanol–water partition coefficient (Wildman–Crippen LogP) is 3.70. The van der Waals surface area contributed by atoms with Gasteiger partial charge in [0.05, 0.1) is 15.2 Å². The Bertz CT molecular complexity index is 906. The van der Waals surface area contributed by atoms with Crippen LogP contribution in [-0.2, 0) is 16.0 Å². The smallest absolute Gasteiger partial charge is 0.333 e. The van der Waals surface area contributed by atoms with Crippen molar-refractivity contribution in [2.24, 2.45) is 0 Å². The second kappa shape index (κ2) is 8.83. The Morgan fingerprint density at radius 2 is 1.78 bits per heavy atom. The number of thiazole rings is 1. The maximum atomic E-state index is 11.0. The Kier molecular flexibility index (Phi) is 6.26. The van der Waals surface area contributed by atoms with Gasteiger partial charge in [-0.05, 0) is 36.8 Å². The highest BCUT2D eigenvalue weighted by Crippen LogP contribution is 2.25. The van der Waals surface area contributed by atoms with Crippen molar-refractivity contribution in [3.63, 3.8) is 0 Å². The van der Waals surface area contributed by atoms with Crippen LogP contribution in [0.25, 0.3) is 10.2 Å². The normalized spacial score (nSPS) is 12.1. The van der Waals surface area contributed by atoms with Gasteiger partial charge in [0.15, 0.2) is 6.10 Å². The molecule has 0 aliphatic heterocycles. The Morgan fingerprint density at radius 1 is 1.11 bits per heavy atom. The first-order valence-electron chi connectivity index (χ1n) is 8.52. The number of aromatic nitrogens is 1. The van der Waals surface area contributed by atoms with E-state index >= 15 is 0 Å². The molecular weight excluding hydrogens is 366 g/mol. The molecule has 1 atom stereocenters. The molecule has 2 aromatic carbocycles. The topological polar surface area (TPSA) is 77.9 Å². The van der Waals surface area contributed by atoms with Crippen LogP contribution in [0.1, 0.15) is 10.6 Å². The molecule has 27 heavy (non-hydrogen) atoms. The fourth-order valence-corrected chi connectivity index (χ4v) is 3.45. The van der Waals surface area contributed by atoms with Crippen molar-refractivity contribution < 1.29 is 24.1 Å². The third-order valence-corrected chi connectivity index (χ3v) is 4.94. The Balaban J connectivity index is 1.46. The van der Waals surface area contributed by atoms with Gasteiger partial charge in [-0.15, -0.1) is 11.3 Å². The molecule has 0 amide bonds. The first-order valence-corrected chi connectivity index (χ1v) is 9.34. The SMILES string of the molecule is CO[C@@H](Cc1ccc(OCCOc2ccc3sc(C)nc3c2)cc1)C(=O)O. The summed E-state index contributed by atoms with van der Waals surface area (Å²) in [4.78, 5) is 15.5. The van der Waals surface area contributed by atoms with Crippen molar-refractivity contribution in [2.45, 2.75) is 19.4 Å². The number of carbonyl (C=O) groups is 1. The van der Waals surface area contributed by atoms with Crippen molar-refractivity contribution in [2.75, 3.05) is 20.3 Å². The molecule has 0 bridgehead atoms. The van der Waals surface area contributed by atoms with E-state index in [9.17, 15) is 4.79 Å². The van der Waals surface area contributed by atoms with E-state index in [1.165, 1.54) is 7.11 Å². The van der Waals surface area contributed by atoms with Crippen LogP contribution in [0.3, 0.4) is 0 Å². The number of nitrogens with zero attached hydrogens (tertiary/aromatic N) is 1.